The lowest BCUT2D eigenvalue weighted by Crippen LogP contribution is -2.60. The van der Waals surface area contributed by atoms with E-state index in [0.29, 0.717) is 19.6 Å². The minimum atomic E-state index is -0.367. The van der Waals surface area contributed by atoms with Crippen LogP contribution < -0.4 is 0 Å². The van der Waals surface area contributed by atoms with Crippen molar-refractivity contribution >= 4 is 12.1 Å². The maximum atomic E-state index is 13.2. The zero-order valence-electron chi connectivity index (χ0n) is 15.9. The van der Waals surface area contributed by atoms with Crippen molar-refractivity contribution < 1.29 is 9.59 Å². The molecule has 2 aliphatic heterocycles. The van der Waals surface area contributed by atoms with Gasteiger partial charge in [-0.3, -0.25) is 4.90 Å². The molecule has 0 spiro atoms. The lowest BCUT2D eigenvalue weighted by molar-refractivity contribution is 0.000527. The van der Waals surface area contributed by atoms with Crippen molar-refractivity contribution in [2.24, 2.45) is 5.41 Å². The highest BCUT2D eigenvalue weighted by Crippen LogP contribution is 2.44. The Hall–Kier alpha value is -1.46. The summed E-state index contributed by atoms with van der Waals surface area (Å²) in [4.78, 5) is 33.4. The molecule has 2 aliphatic rings. The molecule has 0 aromatic carbocycles. The Morgan fingerprint density at radius 1 is 0.739 bits per heavy atom. The molecule has 0 N–H and O–H groups in total. The summed E-state index contributed by atoms with van der Waals surface area (Å²) < 4.78 is 0. The third kappa shape index (κ3) is 2.29. The van der Waals surface area contributed by atoms with Gasteiger partial charge in [-0.15, -0.1) is 0 Å². The van der Waals surface area contributed by atoms with E-state index in [1.807, 2.05) is 40.4 Å². The molecule has 0 saturated carbocycles. The largest absolute Gasteiger partial charge is 0.324 e. The molecule has 6 heteroatoms. The van der Waals surface area contributed by atoms with Crippen molar-refractivity contribution in [3.8, 4) is 0 Å². The molecule has 2 unspecified atom stereocenters. The molecule has 0 aromatic heterocycles. The Morgan fingerprint density at radius 3 is 1.52 bits per heavy atom. The summed E-state index contributed by atoms with van der Waals surface area (Å²) in [6.45, 7) is 18.4. The van der Waals surface area contributed by atoms with Gasteiger partial charge in [-0.1, -0.05) is 20.8 Å². The highest BCUT2D eigenvalue weighted by Gasteiger charge is 2.62. The van der Waals surface area contributed by atoms with Gasteiger partial charge < -0.3 is 14.7 Å². The summed E-state index contributed by atoms with van der Waals surface area (Å²) in [5, 5.41) is 0. The Labute approximate surface area is 140 Å². The first-order valence-corrected chi connectivity index (χ1v) is 8.71. The molecule has 2 heterocycles. The summed E-state index contributed by atoms with van der Waals surface area (Å²) in [6.07, 6.45) is -0.402. The quantitative estimate of drug-likeness (QED) is 0.798. The number of carbonyl (C=O) groups excluding carboxylic acids is 2. The maximum absolute atomic E-state index is 13.2. The smallest absolute Gasteiger partial charge is 0.300 e. The highest BCUT2D eigenvalue weighted by molar-refractivity contribution is 5.85. The van der Waals surface area contributed by atoms with E-state index in [9.17, 15) is 9.59 Å². The molecule has 0 aromatic rings. The summed E-state index contributed by atoms with van der Waals surface area (Å²) in [5.41, 5.74) is -0.465. The van der Waals surface area contributed by atoms with Crippen LogP contribution in [0.4, 0.5) is 9.59 Å². The van der Waals surface area contributed by atoms with Crippen LogP contribution in [0, 0.1) is 5.41 Å². The summed E-state index contributed by atoms with van der Waals surface area (Å²) in [6, 6.07) is 0.0671. The van der Waals surface area contributed by atoms with Crippen molar-refractivity contribution in [2.75, 3.05) is 19.6 Å². The van der Waals surface area contributed by atoms with Gasteiger partial charge in [0.1, 0.15) is 12.3 Å². The lowest BCUT2D eigenvalue weighted by atomic mass is 9.75. The molecule has 0 bridgehead atoms. The second-order valence-corrected chi connectivity index (χ2v) is 7.93. The Balaban J connectivity index is 2.57. The third-order valence-corrected chi connectivity index (χ3v) is 5.89. The molecule has 4 amide bonds. The van der Waals surface area contributed by atoms with E-state index >= 15 is 0 Å². The van der Waals surface area contributed by atoms with Crippen LogP contribution in [-0.4, -0.2) is 69.2 Å². The second-order valence-electron chi connectivity index (χ2n) is 7.93. The van der Waals surface area contributed by atoms with Crippen molar-refractivity contribution in [1.82, 2.24) is 19.6 Å². The molecule has 0 aliphatic carbocycles. The van der Waals surface area contributed by atoms with E-state index in [-0.39, 0.29) is 35.3 Å². The van der Waals surface area contributed by atoms with Crippen LogP contribution in [0.2, 0.25) is 0 Å². The maximum Gasteiger partial charge on any atom is 0.324 e. The van der Waals surface area contributed by atoms with E-state index in [0.717, 1.165) is 0 Å². The van der Waals surface area contributed by atoms with E-state index < -0.39 is 0 Å². The number of amides is 4. The first kappa shape index (κ1) is 17.9. The topological polar surface area (TPSA) is 47.1 Å². The number of nitrogens with zero attached hydrogens (tertiary/aromatic N) is 4. The Morgan fingerprint density at radius 2 is 1.13 bits per heavy atom. The fourth-order valence-corrected chi connectivity index (χ4v) is 3.58. The predicted molar refractivity (Wildman–Crippen MR) is 90.9 cm³/mol. The fourth-order valence-electron chi connectivity index (χ4n) is 3.58. The van der Waals surface area contributed by atoms with Gasteiger partial charge in [-0.05, 0) is 40.0 Å². The standard InChI is InChI=1S/C17H32N4O2/c1-9-18-12-13(20(11-3)14(18)22)21(15(23)19(12)10-2)17(7,8)16(4,5)6/h12-13H,9-11H2,1-8H3. The molecule has 2 saturated heterocycles. The fraction of sp³-hybridized carbons (Fsp3) is 0.882. The van der Waals surface area contributed by atoms with Crippen LogP contribution in [0.1, 0.15) is 55.4 Å². The second kappa shape index (κ2) is 5.56. The van der Waals surface area contributed by atoms with E-state index in [2.05, 4.69) is 34.6 Å². The lowest BCUT2D eigenvalue weighted by Gasteiger charge is -2.48. The van der Waals surface area contributed by atoms with Crippen molar-refractivity contribution in [2.45, 2.75) is 73.3 Å². The van der Waals surface area contributed by atoms with Gasteiger partial charge >= 0.3 is 12.1 Å². The van der Waals surface area contributed by atoms with Gasteiger partial charge in [-0.25, -0.2) is 9.59 Å². The van der Waals surface area contributed by atoms with Crippen LogP contribution in [0.15, 0.2) is 0 Å². The van der Waals surface area contributed by atoms with Crippen molar-refractivity contribution in [1.29, 1.82) is 0 Å². The first-order chi connectivity index (χ1) is 10.5. The molecule has 132 valence electrons. The third-order valence-electron chi connectivity index (χ3n) is 5.89. The van der Waals surface area contributed by atoms with E-state index in [1.54, 1.807) is 0 Å². The number of rotatable bonds is 4. The van der Waals surface area contributed by atoms with Crippen molar-refractivity contribution in [3.05, 3.63) is 0 Å². The zero-order valence-corrected chi connectivity index (χ0v) is 15.9. The molecule has 2 atom stereocenters. The predicted octanol–water partition coefficient (Wildman–Crippen LogP) is 3.00. The van der Waals surface area contributed by atoms with Crippen LogP contribution in [0.5, 0.6) is 0 Å². The van der Waals surface area contributed by atoms with Crippen molar-refractivity contribution in [3.63, 3.8) is 0 Å². The summed E-state index contributed by atoms with van der Waals surface area (Å²) in [7, 11) is 0. The SMILES string of the molecule is CCN1C(=O)N(CC)C2C1N(CC)C(=O)N2C(C)(C)C(C)(C)C. The Bertz CT molecular complexity index is 495. The first-order valence-electron chi connectivity index (χ1n) is 8.71. The molecule has 6 nitrogen and oxygen atoms in total. The van der Waals surface area contributed by atoms with Crippen LogP contribution in [0.25, 0.3) is 0 Å². The molecule has 23 heavy (non-hydrogen) atoms. The van der Waals surface area contributed by atoms with Gasteiger partial charge in [-0.2, -0.15) is 0 Å². The number of urea groups is 2. The number of likely N-dealkylation sites (N-methyl/N-ethyl adjacent to an activating group) is 3. The van der Waals surface area contributed by atoms with E-state index in [1.165, 1.54) is 0 Å². The minimum absolute atomic E-state index is 0.0330. The van der Waals surface area contributed by atoms with Gasteiger partial charge in [0.25, 0.3) is 0 Å². The average Bonchev–Trinajstić information content (AvgIpc) is 2.86. The van der Waals surface area contributed by atoms with E-state index in [4.69, 9.17) is 0 Å². The Kier molecular flexibility index (Phi) is 4.33. The average molecular weight is 324 g/mol. The highest BCUT2D eigenvalue weighted by atomic mass is 16.2. The van der Waals surface area contributed by atoms with Crippen LogP contribution in [-0.2, 0) is 0 Å². The van der Waals surface area contributed by atoms with Crippen LogP contribution >= 0.6 is 0 Å². The number of fused-ring (bicyclic) bond motifs is 1. The number of carbonyl (C=O) groups is 2. The van der Waals surface area contributed by atoms with Gasteiger partial charge in [0.15, 0.2) is 0 Å². The minimum Gasteiger partial charge on any atom is -0.300 e. The zero-order chi connectivity index (χ0) is 17.7. The number of hydrogen-bond donors (Lipinski definition) is 0. The normalized spacial score (nSPS) is 25.7. The molecular weight excluding hydrogens is 292 g/mol. The number of hydrogen-bond acceptors (Lipinski definition) is 2. The van der Waals surface area contributed by atoms with Gasteiger partial charge in [0.2, 0.25) is 0 Å². The molecular formula is C17H32N4O2. The summed E-state index contributed by atoms with van der Waals surface area (Å²) in [5.74, 6) is 0. The monoisotopic (exact) mass is 324 g/mol. The van der Waals surface area contributed by atoms with Crippen LogP contribution in [0.3, 0.4) is 0 Å². The van der Waals surface area contributed by atoms with Gasteiger partial charge in [0, 0.05) is 25.2 Å². The van der Waals surface area contributed by atoms with Gasteiger partial charge in [0.05, 0.1) is 0 Å². The summed E-state index contributed by atoms with van der Waals surface area (Å²) >= 11 is 0. The molecule has 0 radical (unpaired) electrons. The molecule has 2 rings (SSSR count). The molecule has 2 fully saturated rings.